The highest BCUT2D eigenvalue weighted by atomic mass is 14.6. The van der Waals surface area contributed by atoms with Gasteiger partial charge in [0, 0.05) is 17.0 Å². The largest absolute Gasteiger partial charge is 0.256 e. The van der Waals surface area contributed by atoms with E-state index in [-0.39, 0.29) is 10.8 Å². The van der Waals surface area contributed by atoms with Crippen molar-refractivity contribution in [1.29, 1.82) is 0 Å². The van der Waals surface area contributed by atoms with E-state index in [1.165, 1.54) is 71.1 Å². The van der Waals surface area contributed by atoms with Crippen LogP contribution in [0.15, 0.2) is 115 Å². The molecule has 7 rings (SSSR count). The van der Waals surface area contributed by atoms with Crippen LogP contribution in [0.1, 0.15) is 52.7 Å². The van der Waals surface area contributed by atoms with Gasteiger partial charge in [-0.3, -0.25) is 4.98 Å². The zero-order valence-electron chi connectivity index (χ0n) is 25.4. The first kappa shape index (κ1) is 26.4. The lowest BCUT2D eigenvalue weighted by Crippen LogP contribution is -2.18. The molecule has 0 saturated carbocycles. The smallest absolute Gasteiger partial charge is 0.0783 e. The van der Waals surface area contributed by atoms with Crippen LogP contribution in [0.5, 0.6) is 0 Å². The minimum Gasteiger partial charge on any atom is -0.256 e. The van der Waals surface area contributed by atoms with E-state index in [1.807, 2.05) is 12.3 Å². The fraction of sp³-hybridized carbons (Fsp3) is 0.195. The summed E-state index contributed by atoms with van der Waals surface area (Å²) in [6.07, 6.45) is 1.93. The van der Waals surface area contributed by atoms with Gasteiger partial charge in [0.05, 0.1) is 5.52 Å². The lowest BCUT2D eigenvalue weighted by molar-refractivity contribution is 0.593. The number of rotatable bonds is 2. The van der Waals surface area contributed by atoms with Crippen molar-refractivity contribution >= 4 is 43.2 Å². The molecule has 0 radical (unpaired) electrons. The Morgan fingerprint density at radius 1 is 0.429 bits per heavy atom. The van der Waals surface area contributed by atoms with Crippen LogP contribution >= 0.6 is 0 Å². The van der Waals surface area contributed by atoms with Crippen LogP contribution in [-0.4, -0.2) is 4.98 Å². The summed E-state index contributed by atoms with van der Waals surface area (Å²) in [5.74, 6) is 0. The van der Waals surface area contributed by atoms with Crippen molar-refractivity contribution in [3.05, 3.63) is 127 Å². The van der Waals surface area contributed by atoms with Crippen molar-refractivity contribution in [1.82, 2.24) is 4.98 Å². The van der Waals surface area contributed by atoms with Gasteiger partial charge in [0.2, 0.25) is 0 Å². The Bertz CT molecular complexity index is 2130. The van der Waals surface area contributed by atoms with Crippen molar-refractivity contribution in [2.24, 2.45) is 0 Å². The fourth-order valence-electron chi connectivity index (χ4n) is 6.85. The molecule has 0 aliphatic rings. The molecule has 6 aromatic carbocycles. The first-order valence-electron chi connectivity index (χ1n) is 15.0. The van der Waals surface area contributed by atoms with Crippen LogP contribution in [0.2, 0.25) is 0 Å². The Morgan fingerprint density at radius 2 is 0.976 bits per heavy atom. The van der Waals surface area contributed by atoms with Gasteiger partial charge in [-0.05, 0) is 89.3 Å². The molecule has 0 spiro atoms. The molecule has 0 saturated heterocycles. The molecule has 206 valence electrons. The minimum atomic E-state index is -0.0538. The molecule has 0 atom stereocenters. The van der Waals surface area contributed by atoms with E-state index in [0.717, 1.165) is 5.52 Å². The number of pyridine rings is 1. The molecule has 0 N–H and O–H groups in total. The van der Waals surface area contributed by atoms with Gasteiger partial charge in [-0.25, -0.2) is 0 Å². The van der Waals surface area contributed by atoms with Crippen LogP contribution in [0.25, 0.3) is 65.5 Å². The van der Waals surface area contributed by atoms with Crippen molar-refractivity contribution < 1.29 is 0 Å². The molecule has 0 aliphatic carbocycles. The van der Waals surface area contributed by atoms with Gasteiger partial charge in [-0.2, -0.15) is 0 Å². The van der Waals surface area contributed by atoms with E-state index >= 15 is 0 Å². The predicted octanol–water partition coefficient (Wildman–Crippen LogP) is 11.6. The third kappa shape index (κ3) is 4.36. The quantitative estimate of drug-likeness (QED) is 0.156. The van der Waals surface area contributed by atoms with Gasteiger partial charge in [-0.15, -0.1) is 0 Å². The maximum absolute atomic E-state index is 4.93. The Hall–Kier alpha value is -4.49. The normalized spacial score (nSPS) is 12.5. The molecule has 1 aromatic heterocycles. The highest BCUT2D eigenvalue weighted by Crippen LogP contribution is 2.46. The summed E-state index contributed by atoms with van der Waals surface area (Å²) in [6.45, 7) is 14.0. The molecule has 1 nitrogen and oxygen atoms in total. The minimum absolute atomic E-state index is 0.0477. The summed E-state index contributed by atoms with van der Waals surface area (Å²) >= 11 is 0. The Kier molecular flexibility index (Phi) is 5.99. The van der Waals surface area contributed by atoms with E-state index in [2.05, 4.69) is 145 Å². The first-order valence-corrected chi connectivity index (χ1v) is 15.0. The molecule has 0 unspecified atom stereocenters. The van der Waals surface area contributed by atoms with E-state index in [1.54, 1.807) is 0 Å². The average Bonchev–Trinajstić information content (AvgIpc) is 2.98. The highest BCUT2D eigenvalue weighted by molar-refractivity contribution is 6.17. The Balaban J connectivity index is 1.45. The summed E-state index contributed by atoms with van der Waals surface area (Å²) in [6, 6.07) is 40.2. The Morgan fingerprint density at radius 3 is 1.67 bits per heavy atom. The van der Waals surface area contributed by atoms with Crippen LogP contribution < -0.4 is 0 Å². The number of nitrogens with zero attached hydrogens (tertiary/aromatic N) is 1. The second-order valence-corrected chi connectivity index (χ2v) is 13.7. The monoisotopic (exact) mass is 543 g/mol. The Labute approximate surface area is 248 Å². The summed E-state index contributed by atoms with van der Waals surface area (Å²) in [5.41, 5.74) is 8.73. The molecule has 0 amide bonds. The molecular formula is C41H37N. The standard InChI is InChI=1S/C41H37N/c1-40(2,3)37-34-22-19-29-12-9-23-42-39(29)36(34)38(41(4,5)6)33-21-20-32(25-35(33)37)28-15-13-27(14-16-28)31-18-17-26-10-7-8-11-30(26)24-31/h7-25H,1-6H3. The molecule has 1 heterocycles. The summed E-state index contributed by atoms with van der Waals surface area (Å²) in [4.78, 5) is 4.93. The van der Waals surface area contributed by atoms with Gasteiger partial charge in [0.1, 0.15) is 0 Å². The van der Waals surface area contributed by atoms with Gasteiger partial charge in [0.15, 0.2) is 0 Å². The van der Waals surface area contributed by atoms with E-state index < -0.39 is 0 Å². The fourth-order valence-corrected chi connectivity index (χ4v) is 6.85. The van der Waals surface area contributed by atoms with Crippen LogP contribution in [-0.2, 0) is 10.8 Å². The lowest BCUT2D eigenvalue weighted by atomic mass is 9.73. The third-order valence-corrected chi connectivity index (χ3v) is 8.65. The summed E-state index contributed by atoms with van der Waals surface area (Å²) < 4.78 is 0. The van der Waals surface area contributed by atoms with Crippen molar-refractivity contribution in [3.63, 3.8) is 0 Å². The first-order chi connectivity index (χ1) is 20.1. The van der Waals surface area contributed by atoms with Gasteiger partial charge < -0.3 is 0 Å². The van der Waals surface area contributed by atoms with Crippen molar-refractivity contribution in [2.45, 2.75) is 52.4 Å². The maximum Gasteiger partial charge on any atom is 0.0783 e. The molecule has 7 aromatic rings. The number of hydrogen-bond donors (Lipinski definition) is 0. The number of benzene rings is 6. The molecule has 42 heavy (non-hydrogen) atoms. The summed E-state index contributed by atoms with van der Waals surface area (Å²) in [5, 5.41) is 9.02. The second-order valence-electron chi connectivity index (χ2n) is 13.7. The van der Waals surface area contributed by atoms with Crippen molar-refractivity contribution in [3.8, 4) is 22.3 Å². The number of hydrogen-bond acceptors (Lipinski definition) is 1. The topological polar surface area (TPSA) is 12.9 Å². The zero-order chi connectivity index (χ0) is 29.2. The maximum atomic E-state index is 4.93. The molecule has 0 bridgehead atoms. The van der Waals surface area contributed by atoms with Gasteiger partial charge >= 0.3 is 0 Å². The van der Waals surface area contributed by atoms with E-state index in [9.17, 15) is 0 Å². The van der Waals surface area contributed by atoms with E-state index in [4.69, 9.17) is 4.98 Å². The molecular weight excluding hydrogens is 506 g/mol. The zero-order valence-corrected chi connectivity index (χ0v) is 25.4. The predicted molar refractivity (Wildman–Crippen MR) is 183 cm³/mol. The van der Waals surface area contributed by atoms with Gasteiger partial charge in [0.25, 0.3) is 0 Å². The SMILES string of the molecule is CC(C)(C)c1c2cc(-c3ccc(-c4ccc5ccccc5c4)cc3)ccc2c(C(C)(C)C)c2c1ccc1cccnc12. The second kappa shape index (κ2) is 9.53. The third-order valence-electron chi connectivity index (χ3n) is 8.65. The van der Waals surface area contributed by atoms with Gasteiger partial charge in [-0.1, -0.05) is 133 Å². The molecule has 0 fully saturated rings. The van der Waals surface area contributed by atoms with Crippen LogP contribution in [0.4, 0.5) is 0 Å². The van der Waals surface area contributed by atoms with Crippen LogP contribution in [0.3, 0.4) is 0 Å². The lowest BCUT2D eigenvalue weighted by Gasteiger charge is -2.31. The summed E-state index contributed by atoms with van der Waals surface area (Å²) in [7, 11) is 0. The van der Waals surface area contributed by atoms with Crippen LogP contribution in [0, 0.1) is 0 Å². The van der Waals surface area contributed by atoms with Crippen molar-refractivity contribution in [2.75, 3.05) is 0 Å². The molecule has 0 aliphatic heterocycles. The number of aromatic nitrogens is 1. The highest BCUT2D eigenvalue weighted by Gasteiger charge is 2.28. The molecule has 1 heteroatoms. The average molecular weight is 544 g/mol. The van der Waals surface area contributed by atoms with E-state index in [0.29, 0.717) is 0 Å². The number of fused-ring (bicyclic) bond motifs is 5.